The maximum absolute atomic E-state index is 12.0. The summed E-state index contributed by atoms with van der Waals surface area (Å²) in [5.41, 5.74) is 4.48. The fourth-order valence-corrected chi connectivity index (χ4v) is 2.44. The van der Waals surface area contributed by atoms with E-state index in [0.717, 1.165) is 19.3 Å². The Morgan fingerprint density at radius 2 is 1.72 bits per heavy atom. The van der Waals surface area contributed by atoms with Gasteiger partial charge in [-0.3, -0.25) is 9.59 Å². The Morgan fingerprint density at radius 3 is 2.11 bits per heavy atom. The summed E-state index contributed by atoms with van der Waals surface area (Å²) in [6.45, 7) is 5.15. The highest BCUT2D eigenvalue weighted by molar-refractivity contribution is 5.95. The first-order valence-corrected chi connectivity index (χ1v) is 6.40. The van der Waals surface area contributed by atoms with E-state index in [4.69, 9.17) is 10.5 Å². The minimum atomic E-state index is -1.27. The van der Waals surface area contributed by atoms with E-state index in [1.807, 2.05) is 0 Å². The summed E-state index contributed by atoms with van der Waals surface area (Å²) in [4.78, 5) is 23.4. The molecule has 104 valence electrons. The molecule has 1 fully saturated rings. The highest BCUT2D eigenvalue weighted by Crippen LogP contribution is 2.34. The number of carboxylic acids is 1. The third-order valence-electron chi connectivity index (χ3n) is 3.25. The third-order valence-corrected chi connectivity index (χ3v) is 3.25. The SMILES string of the molecule is CC(C)(C)OC(=O)[C@H](C(=O)O)C1(N)CCCCC1. The van der Waals surface area contributed by atoms with E-state index >= 15 is 0 Å². The molecular formula is C13H23NO4. The molecule has 1 aliphatic carbocycles. The van der Waals surface area contributed by atoms with Crippen molar-refractivity contribution in [3.05, 3.63) is 0 Å². The zero-order valence-electron chi connectivity index (χ0n) is 11.4. The van der Waals surface area contributed by atoms with E-state index < -0.39 is 29.0 Å². The van der Waals surface area contributed by atoms with Crippen molar-refractivity contribution in [2.24, 2.45) is 11.7 Å². The quantitative estimate of drug-likeness (QED) is 0.593. The Labute approximate surface area is 108 Å². The van der Waals surface area contributed by atoms with Gasteiger partial charge in [-0.15, -0.1) is 0 Å². The second-order valence-electron chi connectivity index (χ2n) is 6.10. The normalized spacial score (nSPS) is 21.1. The lowest BCUT2D eigenvalue weighted by atomic mass is 9.73. The number of carbonyl (C=O) groups is 2. The zero-order valence-corrected chi connectivity index (χ0v) is 11.4. The number of nitrogens with two attached hydrogens (primary N) is 1. The average Bonchev–Trinajstić information content (AvgIpc) is 2.13. The fraction of sp³-hybridized carbons (Fsp3) is 0.846. The molecule has 0 radical (unpaired) electrons. The van der Waals surface area contributed by atoms with Crippen molar-refractivity contribution in [1.29, 1.82) is 0 Å². The summed E-state index contributed by atoms with van der Waals surface area (Å²) in [7, 11) is 0. The van der Waals surface area contributed by atoms with Crippen LogP contribution in [0.15, 0.2) is 0 Å². The Bertz CT molecular complexity index is 326. The van der Waals surface area contributed by atoms with Gasteiger partial charge < -0.3 is 15.6 Å². The Hall–Kier alpha value is -1.10. The van der Waals surface area contributed by atoms with E-state index in [0.29, 0.717) is 12.8 Å². The molecule has 1 atom stereocenters. The molecule has 0 aromatic rings. The molecule has 1 aliphatic rings. The molecule has 3 N–H and O–H groups in total. The van der Waals surface area contributed by atoms with E-state index in [9.17, 15) is 14.7 Å². The molecule has 0 heterocycles. The third kappa shape index (κ3) is 3.70. The number of ether oxygens (including phenoxy) is 1. The Balaban J connectivity index is 2.88. The minimum Gasteiger partial charge on any atom is -0.481 e. The van der Waals surface area contributed by atoms with Crippen LogP contribution in [0.3, 0.4) is 0 Å². The largest absolute Gasteiger partial charge is 0.481 e. The lowest BCUT2D eigenvalue weighted by Crippen LogP contribution is -2.56. The first-order valence-electron chi connectivity index (χ1n) is 6.40. The monoisotopic (exact) mass is 257 g/mol. The van der Waals surface area contributed by atoms with Crippen molar-refractivity contribution in [3.63, 3.8) is 0 Å². The lowest BCUT2D eigenvalue weighted by molar-refractivity contribution is -0.170. The van der Waals surface area contributed by atoms with Crippen LogP contribution in [0.1, 0.15) is 52.9 Å². The summed E-state index contributed by atoms with van der Waals surface area (Å²) in [6.07, 6.45) is 3.89. The number of esters is 1. The van der Waals surface area contributed by atoms with Crippen molar-refractivity contribution >= 4 is 11.9 Å². The number of carboxylic acid groups (broad SMARTS) is 1. The number of hydrogen-bond donors (Lipinski definition) is 2. The molecule has 1 saturated carbocycles. The van der Waals surface area contributed by atoms with E-state index in [1.165, 1.54) is 0 Å². The van der Waals surface area contributed by atoms with Crippen molar-refractivity contribution in [2.45, 2.75) is 64.0 Å². The van der Waals surface area contributed by atoms with Crippen LogP contribution in [0.2, 0.25) is 0 Å². The molecule has 0 aliphatic heterocycles. The van der Waals surface area contributed by atoms with Crippen LogP contribution in [0, 0.1) is 5.92 Å². The molecule has 0 aromatic carbocycles. The molecule has 0 amide bonds. The minimum absolute atomic E-state index is 0.559. The summed E-state index contributed by atoms with van der Waals surface area (Å²) in [6, 6.07) is 0. The standard InChI is InChI=1S/C13H23NO4/c1-12(2,3)18-11(17)9(10(15)16)13(14)7-5-4-6-8-13/h9H,4-8,14H2,1-3H3,(H,15,16)/t9-/m0/s1. The van der Waals surface area contributed by atoms with Crippen LogP contribution < -0.4 is 5.73 Å². The Morgan fingerprint density at radius 1 is 1.22 bits per heavy atom. The highest BCUT2D eigenvalue weighted by atomic mass is 16.6. The van der Waals surface area contributed by atoms with Gasteiger partial charge in [0.05, 0.1) is 0 Å². The second-order valence-corrected chi connectivity index (χ2v) is 6.10. The number of carbonyl (C=O) groups excluding carboxylic acids is 1. The van der Waals surface area contributed by atoms with E-state index in [1.54, 1.807) is 20.8 Å². The molecule has 5 nitrogen and oxygen atoms in total. The lowest BCUT2D eigenvalue weighted by Gasteiger charge is -2.37. The summed E-state index contributed by atoms with van der Waals surface area (Å²) >= 11 is 0. The number of hydrogen-bond acceptors (Lipinski definition) is 4. The molecule has 0 saturated heterocycles. The van der Waals surface area contributed by atoms with Crippen molar-refractivity contribution in [1.82, 2.24) is 0 Å². The van der Waals surface area contributed by atoms with Gasteiger partial charge in [0, 0.05) is 5.54 Å². The van der Waals surface area contributed by atoms with Gasteiger partial charge in [0.2, 0.25) is 0 Å². The van der Waals surface area contributed by atoms with E-state index in [2.05, 4.69) is 0 Å². The van der Waals surface area contributed by atoms with Crippen LogP contribution in [0.4, 0.5) is 0 Å². The van der Waals surface area contributed by atoms with Crippen molar-refractivity contribution < 1.29 is 19.4 Å². The molecule has 0 aromatic heterocycles. The van der Waals surface area contributed by atoms with Gasteiger partial charge in [0.25, 0.3) is 0 Å². The van der Waals surface area contributed by atoms with Crippen molar-refractivity contribution in [3.8, 4) is 0 Å². The van der Waals surface area contributed by atoms with Gasteiger partial charge in [-0.25, -0.2) is 0 Å². The molecule has 18 heavy (non-hydrogen) atoms. The maximum Gasteiger partial charge on any atom is 0.322 e. The molecule has 0 spiro atoms. The van der Waals surface area contributed by atoms with Crippen molar-refractivity contribution in [2.75, 3.05) is 0 Å². The number of rotatable bonds is 3. The van der Waals surface area contributed by atoms with Crippen LogP contribution in [-0.4, -0.2) is 28.2 Å². The van der Waals surface area contributed by atoms with Gasteiger partial charge in [0.1, 0.15) is 5.60 Å². The summed E-state index contributed by atoms with van der Waals surface area (Å²) < 4.78 is 5.18. The van der Waals surface area contributed by atoms with Gasteiger partial charge in [-0.05, 0) is 33.6 Å². The van der Waals surface area contributed by atoms with Crippen LogP contribution >= 0.6 is 0 Å². The topological polar surface area (TPSA) is 89.6 Å². The van der Waals surface area contributed by atoms with Gasteiger partial charge >= 0.3 is 11.9 Å². The first-order chi connectivity index (χ1) is 8.16. The fourth-order valence-electron chi connectivity index (χ4n) is 2.44. The zero-order chi connectivity index (χ0) is 14.0. The number of aliphatic carboxylic acids is 1. The predicted octanol–water partition coefficient (Wildman–Crippen LogP) is 1.69. The second kappa shape index (κ2) is 5.26. The van der Waals surface area contributed by atoms with Gasteiger partial charge in [0.15, 0.2) is 5.92 Å². The highest BCUT2D eigenvalue weighted by Gasteiger charge is 2.47. The molecular weight excluding hydrogens is 234 g/mol. The molecule has 0 unspecified atom stereocenters. The Kier molecular flexibility index (Phi) is 4.37. The molecule has 1 rings (SSSR count). The first kappa shape index (κ1) is 15.0. The van der Waals surface area contributed by atoms with Crippen LogP contribution in [-0.2, 0) is 14.3 Å². The maximum atomic E-state index is 12.0. The molecule has 5 heteroatoms. The van der Waals surface area contributed by atoms with Gasteiger partial charge in [-0.1, -0.05) is 19.3 Å². The van der Waals surface area contributed by atoms with E-state index in [-0.39, 0.29) is 0 Å². The van der Waals surface area contributed by atoms with Crippen LogP contribution in [0.25, 0.3) is 0 Å². The summed E-state index contributed by atoms with van der Waals surface area (Å²) in [5.74, 6) is -3.18. The smallest absolute Gasteiger partial charge is 0.322 e. The van der Waals surface area contributed by atoms with Crippen LogP contribution in [0.5, 0.6) is 0 Å². The molecule has 0 bridgehead atoms. The summed E-state index contributed by atoms with van der Waals surface area (Å²) in [5, 5.41) is 9.28. The average molecular weight is 257 g/mol. The van der Waals surface area contributed by atoms with Gasteiger partial charge in [-0.2, -0.15) is 0 Å². The predicted molar refractivity (Wildman–Crippen MR) is 67.0 cm³/mol.